The van der Waals surface area contributed by atoms with Gasteiger partial charge < -0.3 is 4.74 Å². The largest absolute Gasteiger partial charge is 0.457 e. The van der Waals surface area contributed by atoms with E-state index in [1.165, 1.54) is 12.4 Å². The summed E-state index contributed by atoms with van der Waals surface area (Å²) in [6.45, 7) is 0. The zero-order chi connectivity index (χ0) is 16.5. The number of benzene rings is 2. The van der Waals surface area contributed by atoms with Gasteiger partial charge in [0.1, 0.15) is 29.3 Å². The minimum Gasteiger partial charge on any atom is -0.457 e. The van der Waals surface area contributed by atoms with Crippen molar-refractivity contribution in [3.8, 4) is 22.8 Å². The van der Waals surface area contributed by atoms with E-state index in [1.54, 1.807) is 30.1 Å². The molecule has 4 rings (SSSR count). The number of aromatic nitrogens is 4. The Labute approximate surface area is 137 Å². The molecule has 0 amide bonds. The molecule has 0 aliphatic heterocycles. The van der Waals surface area contributed by atoms with Crippen LogP contribution in [0.2, 0.25) is 0 Å². The Morgan fingerprint density at radius 3 is 2.67 bits per heavy atom. The lowest BCUT2D eigenvalue weighted by Crippen LogP contribution is -1.92. The maximum Gasteiger partial charge on any atom is 0.161 e. The number of halogens is 1. The fourth-order valence-electron chi connectivity index (χ4n) is 2.57. The molecule has 2 heterocycles. The van der Waals surface area contributed by atoms with Gasteiger partial charge in [-0.3, -0.25) is 0 Å². The Bertz CT molecular complexity index is 1010. The standard InChI is InChI=1S/C18H13FN4O/c1-23-18-15(10-20-11-21-18)17(22-23)14-8-7-13(9-16(14)19)24-12-5-3-2-4-6-12/h2-11H,1H3. The Morgan fingerprint density at radius 1 is 1.04 bits per heavy atom. The number of fused-ring (bicyclic) bond motifs is 1. The van der Waals surface area contributed by atoms with E-state index >= 15 is 0 Å². The van der Waals surface area contributed by atoms with Gasteiger partial charge in [0, 0.05) is 24.9 Å². The van der Waals surface area contributed by atoms with Gasteiger partial charge in [-0.1, -0.05) is 18.2 Å². The molecule has 0 fully saturated rings. The second-order valence-corrected chi connectivity index (χ2v) is 5.29. The van der Waals surface area contributed by atoms with E-state index in [1.807, 2.05) is 30.3 Å². The number of hydrogen-bond donors (Lipinski definition) is 0. The van der Waals surface area contributed by atoms with E-state index in [0.29, 0.717) is 33.8 Å². The number of rotatable bonds is 3. The predicted octanol–water partition coefficient (Wildman–Crippen LogP) is 3.96. The normalized spacial score (nSPS) is 10.9. The molecule has 0 aliphatic carbocycles. The lowest BCUT2D eigenvalue weighted by atomic mass is 10.1. The van der Waals surface area contributed by atoms with Crippen molar-refractivity contribution >= 4 is 11.0 Å². The monoisotopic (exact) mass is 320 g/mol. The van der Waals surface area contributed by atoms with Crippen LogP contribution in [-0.4, -0.2) is 19.7 Å². The molecule has 2 aromatic carbocycles. The number of hydrogen-bond acceptors (Lipinski definition) is 4. The molecule has 24 heavy (non-hydrogen) atoms. The average Bonchev–Trinajstić information content (AvgIpc) is 2.93. The summed E-state index contributed by atoms with van der Waals surface area (Å²) >= 11 is 0. The molecule has 0 radical (unpaired) electrons. The van der Waals surface area contributed by atoms with Crippen LogP contribution in [0.1, 0.15) is 0 Å². The van der Waals surface area contributed by atoms with Gasteiger partial charge in [0.25, 0.3) is 0 Å². The molecule has 0 aliphatic rings. The Morgan fingerprint density at radius 2 is 1.88 bits per heavy atom. The number of para-hydroxylation sites is 1. The van der Waals surface area contributed by atoms with Crippen LogP contribution >= 0.6 is 0 Å². The molecule has 118 valence electrons. The minimum absolute atomic E-state index is 0.385. The van der Waals surface area contributed by atoms with Crippen LogP contribution in [0.5, 0.6) is 11.5 Å². The summed E-state index contributed by atoms with van der Waals surface area (Å²) in [4.78, 5) is 8.18. The molecule has 0 unspecified atom stereocenters. The first-order valence-electron chi connectivity index (χ1n) is 7.38. The van der Waals surface area contributed by atoms with Crippen molar-refractivity contribution in [1.29, 1.82) is 0 Å². The van der Waals surface area contributed by atoms with Gasteiger partial charge in [-0.25, -0.2) is 19.0 Å². The first-order valence-corrected chi connectivity index (χ1v) is 7.38. The van der Waals surface area contributed by atoms with Crippen molar-refractivity contribution in [2.75, 3.05) is 0 Å². The zero-order valence-corrected chi connectivity index (χ0v) is 12.8. The SMILES string of the molecule is Cn1nc(-c2ccc(Oc3ccccc3)cc2F)c2cncnc21. The predicted molar refractivity (Wildman–Crippen MR) is 88.2 cm³/mol. The van der Waals surface area contributed by atoms with Crippen LogP contribution in [0.15, 0.2) is 61.1 Å². The molecule has 0 spiro atoms. The number of aryl methyl sites for hydroxylation is 1. The summed E-state index contributed by atoms with van der Waals surface area (Å²) in [5.74, 6) is 0.674. The molecule has 0 bridgehead atoms. The fraction of sp³-hybridized carbons (Fsp3) is 0.0556. The Kier molecular flexibility index (Phi) is 3.42. The second kappa shape index (κ2) is 5.73. The fourth-order valence-corrected chi connectivity index (χ4v) is 2.57. The van der Waals surface area contributed by atoms with Gasteiger partial charge in [0.2, 0.25) is 0 Å². The molecular formula is C18H13FN4O. The van der Waals surface area contributed by atoms with Crippen LogP contribution in [-0.2, 0) is 7.05 Å². The third-order valence-corrected chi connectivity index (χ3v) is 3.68. The first-order chi connectivity index (χ1) is 11.7. The van der Waals surface area contributed by atoms with Gasteiger partial charge in [-0.15, -0.1) is 0 Å². The quantitative estimate of drug-likeness (QED) is 0.573. The lowest BCUT2D eigenvalue weighted by molar-refractivity contribution is 0.477. The van der Waals surface area contributed by atoms with E-state index in [0.717, 1.165) is 0 Å². The van der Waals surface area contributed by atoms with Crippen molar-refractivity contribution in [3.63, 3.8) is 0 Å². The molecule has 0 saturated heterocycles. The topological polar surface area (TPSA) is 52.8 Å². The van der Waals surface area contributed by atoms with E-state index in [-0.39, 0.29) is 0 Å². The first kappa shape index (κ1) is 14.3. The van der Waals surface area contributed by atoms with Crippen molar-refractivity contribution in [3.05, 3.63) is 66.9 Å². The summed E-state index contributed by atoms with van der Waals surface area (Å²) in [5.41, 5.74) is 1.55. The van der Waals surface area contributed by atoms with E-state index in [9.17, 15) is 4.39 Å². The van der Waals surface area contributed by atoms with E-state index in [4.69, 9.17) is 4.74 Å². The Balaban J connectivity index is 1.74. The molecule has 0 N–H and O–H groups in total. The van der Waals surface area contributed by atoms with Crippen LogP contribution in [0.3, 0.4) is 0 Å². The third-order valence-electron chi connectivity index (χ3n) is 3.68. The molecule has 2 aromatic heterocycles. The second-order valence-electron chi connectivity index (χ2n) is 5.29. The Hall–Kier alpha value is -3.28. The van der Waals surface area contributed by atoms with Crippen LogP contribution < -0.4 is 4.74 Å². The van der Waals surface area contributed by atoms with Crippen LogP contribution in [0, 0.1) is 5.82 Å². The molecule has 0 atom stereocenters. The molecule has 6 heteroatoms. The van der Waals surface area contributed by atoms with Crippen LogP contribution in [0.4, 0.5) is 4.39 Å². The maximum absolute atomic E-state index is 14.6. The number of nitrogens with zero attached hydrogens (tertiary/aromatic N) is 4. The smallest absolute Gasteiger partial charge is 0.161 e. The summed E-state index contributed by atoms with van der Waals surface area (Å²) in [6, 6.07) is 14.0. The maximum atomic E-state index is 14.6. The molecule has 4 aromatic rings. The van der Waals surface area contributed by atoms with Gasteiger partial charge in [-0.05, 0) is 24.3 Å². The lowest BCUT2D eigenvalue weighted by Gasteiger charge is -2.07. The van der Waals surface area contributed by atoms with E-state index < -0.39 is 5.82 Å². The van der Waals surface area contributed by atoms with Crippen molar-refractivity contribution in [2.24, 2.45) is 7.05 Å². The van der Waals surface area contributed by atoms with Crippen LogP contribution in [0.25, 0.3) is 22.3 Å². The van der Waals surface area contributed by atoms with Crippen molar-refractivity contribution < 1.29 is 9.13 Å². The third kappa shape index (κ3) is 2.48. The highest BCUT2D eigenvalue weighted by atomic mass is 19.1. The van der Waals surface area contributed by atoms with Crippen molar-refractivity contribution in [2.45, 2.75) is 0 Å². The summed E-state index contributed by atoms with van der Waals surface area (Å²) in [6.07, 6.45) is 3.08. The summed E-state index contributed by atoms with van der Waals surface area (Å²) in [5, 5.41) is 5.07. The minimum atomic E-state index is -0.410. The number of ether oxygens (including phenoxy) is 1. The van der Waals surface area contributed by atoms with Crippen molar-refractivity contribution in [1.82, 2.24) is 19.7 Å². The molecule has 5 nitrogen and oxygen atoms in total. The molecule has 0 saturated carbocycles. The summed E-state index contributed by atoms with van der Waals surface area (Å²) < 4.78 is 21.9. The van der Waals surface area contributed by atoms with Gasteiger partial charge in [0.15, 0.2) is 5.65 Å². The van der Waals surface area contributed by atoms with Gasteiger partial charge >= 0.3 is 0 Å². The highest BCUT2D eigenvalue weighted by molar-refractivity contribution is 5.90. The van der Waals surface area contributed by atoms with E-state index in [2.05, 4.69) is 15.1 Å². The highest BCUT2D eigenvalue weighted by Crippen LogP contribution is 2.31. The van der Waals surface area contributed by atoms with Gasteiger partial charge in [0.05, 0.1) is 5.39 Å². The average molecular weight is 320 g/mol. The van der Waals surface area contributed by atoms with Gasteiger partial charge in [-0.2, -0.15) is 5.10 Å². The molecular weight excluding hydrogens is 307 g/mol. The zero-order valence-electron chi connectivity index (χ0n) is 12.8. The highest BCUT2D eigenvalue weighted by Gasteiger charge is 2.16. The summed E-state index contributed by atoms with van der Waals surface area (Å²) in [7, 11) is 1.77.